The molecule has 1 aliphatic heterocycles. The van der Waals surface area contributed by atoms with Gasteiger partial charge in [0.25, 0.3) is 5.91 Å². The molecule has 0 unspecified atom stereocenters. The average molecular weight is 468 g/mol. The quantitative estimate of drug-likeness (QED) is 0.576. The molecule has 1 aliphatic rings. The molecule has 0 spiro atoms. The van der Waals surface area contributed by atoms with Gasteiger partial charge in [0.2, 0.25) is 0 Å². The largest absolute Gasteiger partial charge is 0.416 e. The summed E-state index contributed by atoms with van der Waals surface area (Å²) in [6.45, 7) is 3.00. The first-order valence-electron chi connectivity index (χ1n) is 10.7. The molecule has 34 heavy (non-hydrogen) atoms. The minimum atomic E-state index is -4.57. The number of benzene rings is 1. The third-order valence-electron chi connectivity index (χ3n) is 5.34. The molecule has 3 heterocycles. The summed E-state index contributed by atoms with van der Waals surface area (Å²) in [4.78, 5) is 18.7. The van der Waals surface area contributed by atoms with Crippen molar-refractivity contribution in [3.8, 4) is 11.8 Å². The molecule has 176 valence electrons. The number of carbonyl (C=O) groups is 1. The number of nitrogens with one attached hydrogen (secondary N) is 2. The first-order chi connectivity index (χ1) is 16.3. The Morgan fingerprint density at radius 1 is 1.15 bits per heavy atom. The van der Waals surface area contributed by atoms with Crippen LogP contribution in [-0.2, 0) is 19.8 Å². The normalized spacial score (nSPS) is 14.4. The van der Waals surface area contributed by atoms with Crippen LogP contribution in [0.5, 0.6) is 0 Å². The smallest absolute Gasteiger partial charge is 0.314 e. The third-order valence-corrected chi connectivity index (χ3v) is 5.34. The van der Waals surface area contributed by atoms with Crippen molar-refractivity contribution in [3.63, 3.8) is 0 Å². The Balaban J connectivity index is 1.51. The number of rotatable bonds is 4. The van der Waals surface area contributed by atoms with E-state index in [1.54, 1.807) is 36.3 Å². The van der Waals surface area contributed by atoms with Crippen LogP contribution in [0, 0.1) is 11.8 Å². The Kier molecular flexibility index (Phi) is 6.95. The molecular formula is C24H23F3N6O. The van der Waals surface area contributed by atoms with Gasteiger partial charge in [0.15, 0.2) is 0 Å². The van der Waals surface area contributed by atoms with Crippen LogP contribution in [-0.4, -0.2) is 51.8 Å². The summed E-state index contributed by atoms with van der Waals surface area (Å²) >= 11 is 0. The summed E-state index contributed by atoms with van der Waals surface area (Å²) in [6.07, 6.45) is 0.294. The van der Waals surface area contributed by atoms with Gasteiger partial charge in [0, 0.05) is 63.3 Å². The number of hydrogen-bond acceptors (Lipinski definition) is 5. The highest BCUT2D eigenvalue weighted by Crippen LogP contribution is 2.33. The minimum Gasteiger partial charge on any atom is -0.314 e. The zero-order valence-corrected chi connectivity index (χ0v) is 18.5. The molecule has 10 heteroatoms. The highest BCUT2D eigenvalue weighted by atomic mass is 19.4. The summed E-state index contributed by atoms with van der Waals surface area (Å²) in [5.41, 5.74) is 0.575. The van der Waals surface area contributed by atoms with Gasteiger partial charge in [-0.25, -0.2) is 4.98 Å². The number of amides is 1. The summed E-state index contributed by atoms with van der Waals surface area (Å²) in [5.74, 6) is 5.42. The van der Waals surface area contributed by atoms with Crippen LogP contribution in [0.4, 0.5) is 19.0 Å². The van der Waals surface area contributed by atoms with E-state index in [2.05, 4.69) is 32.6 Å². The fourth-order valence-electron chi connectivity index (χ4n) is 3.62. The first kappa shape index (κ1) is 23.5. The molecule has 0 radical (unpaired) electrons. The first-order valence-corrected chi connectivity index (χ1v) is 10.7. The monoisotopic (exact) mass is 468 g/mol. The zero-order valence-electron chi connectivity index (χ0n) is 18.5. The van der Waals surface area contributed by atoms with Crippen molar-refractivity contribution in [2.75, 3.05) is 31.5 Å². The van der Waals surface area contributed by atoms with Gasteiger partial charge in [0.1, 0.15) is 5.82 Å². The van der Waals surface area contributed by atoms with E-state index in [1.807, 2.05) is 4.90 Å². The average Bonchev–Trinajstić information content (AvgIpc) is 3.23. The molecule has 0 bridgehead atoms. The Labute approximate surface area is 195 Å². The van der Waals surface area contributed by atoms with Gasteiger partial charge in [0.05, 0.1) is 17.3 Å². The van der Waals surface area contributed by atoms with E-state index in [1.165, 1.54) is 18.3 Å². The number of halogens is 3. The van der Waals surface area contributed by atoms with Crippen molar-refractivity contribution in [1.29, 1.82) is 0 Å². The standard InChI is InChI=1S/C24H23F3N6O/c1-32-15-18(14-30-32)3-2-17-6-7-29-22(12-17)31-23(34)19-4-5-20(21(13-19)24(25,26)27)16-33-10-8-28-9-11-33/h4-7,12-15,28H,8-11,16H2,1H3,(H,29,31,34). The van der Waals surface area contributed by atoms with Crippen LogP contribution in [0.3, 0.4) is 0 Å². The lowest BCUT2D eigenvalue weighted by Gasteiger charge is -2.28. The molecule has 3 aromatic rings. The number of aromatic nitrogens is 3. The Bertz CT molecular complexity index is 1240. The summed E-state index contributed by atoms with van der Waals surface area (Å²) in [5, 5.41) is 9.78. The van der Waals surface area contributed by atoms with Crippen LogP contribution >= 0.6 is 0 Å². The van der Waals surface area contributed by atoms with Crippen molar-refractivity contribution in [3.05, 3.63) is 76.7 Å². The second-order valence-corrected chi connectivity index (χ2v) is 7.93. The van der Waals surface area contributed by atoms with Crippen molar-refractivity contribution in [2.45, 2.75) is 12.7 Å². The number of pyridine rings is 1. The second-order valence-electron chi connectivity index (χ2n) is 7.93. The number of nitrogens with zero attached hydrogens (tertiary/aromatic N) is 4. The number of aryl methyl sites for hydroxylation is 1. The second kappa shape index (κ2) is 10.1. The maximum Gasteiger partial charge on any atom is 0.416 e. The lowest BCUT2D eigenvalue weighted by atomic mass is 10.0. The summed E-state index contributed by atoms with van der Waals surface area (Å²) < 4.78 is 42.9. The van der Waals surface area contributed by atoms with Crippen molar-refractivity contribution >= 4 is 11.7 Å². The van der Waals surface area contributed by atoms with Crippen LogP contribution in [0.25, 0.3) is 0 Å². The van der Waals surface area contributed by atoms with E-state index in [0.717, 1.165) is 24.7 Å². The Morgan fingerprint density at radius 3 is 2.62 bits per heavy atom. The third kappa shape index (κ3) is 6.01. The minimum absolute atomic E-state index is 0.0926. The molecule has 1 aromatic carbocycles. The molecule has 4 rings (SSSR count). The molecule has 1 fully saturated rings. The van der Waals surface area contributed by atoms with E-state index >= 15 is 0 Å². The van der Waals surface area contributed by atoms with Gasteiger partial charge >= 0.3 is 6.18 Å². The highest BCUT2D eigenvalue weighted by Gasteiger charge is 2.34. The maximum absolute atomic E-state index is 13.8. The number of anilines is 1. The Morgan fingerprint density at radius 2 is 1.91 bits per heavy atom. The maximum atomic E-state index is 13.8. The van der Waals surface area contributed by atoms with Crippen LogP contribution in [0.2, 0.25) is 0 Å². The highest BCUT2D eigenvalue weighted by molar-refractivity contribution is 6.04. The lowest BCUT2D eigenvalue weighted by molar-refractivity contribution is -0.138. The van der Waals surface area contributed by atoms with Gasteiger partial charge in [-0.3, -0.25) is 14.4 Å². The zero-order chi connectivity index (χ0) is 24.1. The van der Waals surface area contributed by atoms with E-state index < -0.39 is 17.6 Å². The lowest BCUT2D eigenvalue weighted by Crippen LogP contribution is -2.43. The fourth-order valence-corrected chi connectivity index (χ4v) is 3.62. The van der Waals surface area contributed by atoms with E-state index in [-0.39, 0.29) is 23.5 Å². The fraction of sp³-hybridized carbons (Fsp3) is 0.292. The summed E-state index contributed by atoms with van der Waals surface area (Å²) in [6, 6.07) is 6.92. The number of carbonyl (C=O) groups excluding carboxylic acids is 1. The molecule has 0 saturated carbocycles. The molecule has 0 aliphatic carbocycles. The number of alkyl halides is 3. The predicted molar refractivity (Wildman–Crippen MR) is 121 cm³/mol. The van der Waals surface area contributed by atoms with Gasteiger partial charge in [-0.2, -0.15) is 18.3 Å². The van der Waals surface area contributed by atoms with Crippen LogP contribution in [0.15, 0.2) is 48.9 Å². The van der Waals surface area contributed by atoms with Gasteiger partial charge in [-0.1, -0.05) is 17.9 Å². The number of hydrogen-bond donors (Lipinski definition) is 2. The Hall–Kier alpha value is -3.68. The van der Waals surface area contributed by atoms with Crippen molar-refractivity contribution in [2.24, 2.45) is 7.05 Å². The predicted octanol–water partition coefficient (Wildman–Crippen LogP) is 2.89. The van der Waals surface area contributed by atoms with Gasteiger partial charge in [-0.05, 0) is 29.8 Å². The molecule has 1 saturated heterocycles. The van der Waals surface area contributed by atoms with Crippen molar-refractivity contribution in [1.82, 2.24) is 25.0 Å². The summed E-state index contributed by atoms with van der Waals surface area (Å²) in [7, 11) is 1.78. The van der Waals surface area contributed by atoms with Crippen LogP contribution < -0.4 is 10.6 Å². The van der Waals surface area contributed by atoms with Crippen molar-refractivity contribution < 1.29 is 18.0 Å². The van der Waals surface area contributed by atoms with E-state index in [4.69, 9.17) is 0 Å². The van der Waals surface area contributed by atoms with E-state index in [9.17, 15) is 18.0 Å². The molecule has 0 atom stereocenters. The molecule has 2 aromatic heterocycles. The molecule has 1 amide bonds. The SMILES string of the molecule is Cn1cc(C#Cc2ccnc(NC(=O)c3ccc(CN4CCNCC4)c(C(F)(F)F)c3)c2)cn1. The number of piperazine rings is 1. The van der Waals surface area contributed by atoms with Gasteiger partial charge in [-0.15, -0.1) is 0 Å². The molecule has 7 nitrogen and oxygen atoms in total. The van der Waals surface area contributed by atoms with Gasteiger partial charge < -0.3 is 10.6 Å². The van der Waals surface area contributed by atoms with Crippen LogP contribution in [0.1, 0.15) is 32.6 Å². The molecular weight excluding hydrogens is 445 g/mol. The topological polar surface area (TPSA) is 75.1 Å². The van der Waals surface area contributed by atoms with E-state index in [0.29, 0.717) is 18.7 Å². The molecule has 2 N–H and O–H groups in total.